The zero-order valence-corrected chi connectivity index (χ0v) is 19.9. The van der Waals surface area contributed by atoms with E-state index >= 15 is 0 Å². The highest BCUT2D eigenvalue weighted by atomic mass is 32.2. The molecular weight excluding hydrogens is 392 g/mol. The minimum absolute atomic E-state index is 0.447. The van der Waals surface area contributed by atoms with Crippen LogP contribution in [0.25, 0.3) is 0 Å². The lowest BCUT2D eigenvalue weighted by Gasteiger charge is -2.36. The maximum atomic E-state index is 13.4. The first-order chi connectivity index (χ1) is 13.0. The summed E-state index contributed by atoms with van der Waals surface area (Å²) in [5.41, 5.74) is 5.03. The number of likely N-dealkylation sites (N-methyl/N-ethyl adjacent to an activating group) is 1. The molecule has 1 aliphatic rings. The number of rotatable bonds is 5. The van der Waals surface area contributed by atoms with Gasteiger partial charge in [0.25, 0.3) is 0 Å². The SMILES string of the molecule is Cc1c(C)c(C)c(S(=O)(=O)N2CCN(C(=S)NCCN(C)C)CC2)c(C)c1C. The minimum Gasteiger partial charge on any atom is -0.361 e. The maximum Gasteiger partial charge on any atom is 0.243 e. The van der Waals surface area contributed by atoms with Crippen LogP contribution in [0.15, 0.2) is 4.90 Å². The average molecular weight is 427 g/mol. The topological polar surface area (TPSA) is 55.9 Å². The molecule has 0 spiro atoms. The number of piperazine rings is 1. The monoisotopic (exact) mass is 426 g/mol. The Hall–Kier alpha value is -1.22. The summed E-state index contributed by atoms with van der Waals surface area (Å²) in [6.07, 6.45) is 0. The van der Waals surface area contributed by atoms with Gasteiger partial charge in [-0.15, -0.1) is 0 Å². The molecule has 1 aromatic rings. The van der Waals surface area contributed by atoms with Crippen LogP contribution < -0.4 is 5.32 Å². The predicted molar refractivity (Wildman–Crippen MR) is 120 cm³/mol. The van der Waals surface area contributed by atoms with Gasteiger partial charge in [-0.25, -0.2) is 8.42 Å². The van der Waals surface area contributed by atoms with Crippen LogP contribution in [0.2, 0.25) is 0 Å². The van der Waals surface area contributed by atoms with Crippen molar-refractivity contribution in [2.75, 3.05) is 53.4 Å². The molecule has 0 unspecified atom stereocenters. The van der Waals surface area contributed by atoms with Crippen LogP contribution >= 0.6 is 12.2 Å². The van der Waals surface area contributed by atoms with Gasteiger partial charge >= 0.3 is 0 Å². The van der Waals surface area contributed by atoms with Crippen LogP contribution in [0.3, 0.4) is 0 Å². The maximum absolute atomic E-state index is 13.4. The second kappa shape index (κ2) is 9.07. The third-order valence-corrected chi connectivity index (χ3v) is 8.47. The zero-order valence-electron chi connectivity index (χ0n) is 18.2. The lowest BCUT2D eigenvalue weighted by Crippen LogP contribution is -2.53. The van der Waals surface area contributed by atoms with E-state index in [1.165, 1.54) is 5.56 Å². The summed E-state index contributed by atoms with van der Waals surface area (Å²) in [7, 11) is 0.515. The van der Waals surface area contributed by atoms with Gasteiger partial charge in [0.15, 0.2) is 5.11 Å². The quantitative estimate of drug-likeness (QED) is 0.727. The molecule has 0 atom stereocenters. The van der Waals surface area contributed by atoms with Gasteiger partial charge in [-0.1, -0.05) is 0 Å². The third kappa shape index (κ3) is 4.67. The van der Waals surface area contributed by atoms with E-state index in [1.54, 1.807) is 4.31 Å². The van der Waals surface area contributed by atoms with E-state index < -0.39 is 10.0 Å². The first kappa shape index (κ1) is 23.1. The average Bonchev–Trinajstić information content (AvgIpc) is 2.64. The van der Waals surface area contributed by atoms with E-state index in [-0.39, 0.29) is 0 Å². The van der Waals surface area contributed by atoms with Gasteiger partial charge in [-0.3, -0.25) is 0 Å². The summed E-state index contributed by atoms with van der Waals surface area (Å²) in [5.74, 6) is 0. The molecule has 1 N–H and O–H groups in total. The van der Waals surface area contributed by atoms with Gasteiger partial charge in [0.1, 0.15) is 0 Å². The molecule has 1 aromatic carbocycles. The van der Waals surface area contributed by atoms with Gasteiger partial charge < -0.3 is 15.1 Å². The Balaban J connectivity index is 2.13. The zero-order chi connectivity index (χ0) is 21.2. The van der Waals surface area contributed by atoms with Gasteiger partial charge in [-0.2, -0.15) is 4.31 Å². The van der Waals surface area contributed by atoms with Crippen LogP contribution in [0.1, 0.15) is 27.8 Å². The summed E-state index contributed by atoms with van der Waals surface area (Å²) in [6.45, 7) is 13.7. The molecule has 6 nitrogen and oxygen atoms in total. The molecule has 0 aliphatic carbocycles. The van der Waals surface area contributed by atoms with E-state index in [9.17, 15) is 8.42 Å². The molecule has 0 radical (unpaired) electrons. The smallest absolute Gasteiger partial charge is 0.243 e. The summed E-state index contributed by atoms with van der Waals surface area (Å²) in [6, 6.07) is 0. The Morgan fingerprint density at radius 2 is 1.39 bits per heavy atom. The van der Waals surface area contributed by atoms with Crippen LogP contribution in [0, 0.1) is 34.6 Å². The van der Waals surface area contributed by atoms with Gasteiger partial charge in [0.05, 0.1) is 4.90 Å². The van der Waals surface area contributed by atoms with E-state index in [2.05, 4.69) is 22.0 Å². The number of thiocarbonyl (C=S) groups is 1. The molecule has 1 heterocycles. The first-order valence-electron chi connectivity index (χ1n) is 9.73. The molecule has 0 amide bonds. The largest absolute Gasteiger partial charge is 0.361 e. The minimum atomic E-state index is -3.53. The molecule has 1 saturated heterocycles. The van der Waals surface area contributed by atoms with Crippen molar-refractivity contribution in [1.29, 1.82) is 0 Å². The van der Waals surface area contributed by atoms with Gasteiger partial charge in [-0.05, 0) is 88.7 Å². The van der Waals surface area contributed by atoms with Gasteiger partial charge in [0.2, 0.25) is 10.0 Å². The van der Waals surface area contributed by atoms with Crippen molar-refractivity contribution >= 4 is 27.4 Å². The fourth-order valence-corrected chi connectivity index (χ4v) is 5.88. The fraction of sp³-hybridized carbons (Fsp3) is 0.650. The molecule has 2 rings (SSSR count). The Morgan fingerprint density at radius 1 is 0.929 bits per heavy atom. The lowest BCUT2D eigenvalue weighted by molar-refractivity contribution is 0.263. The summed E-state index contributed by atoms with van der Waals surface area (Å²) in [5, 5.41) is 3.96. The second-order valence-electron chi connectivity index (χ2n) is 7.88. The Labute approximate surface area is 175 Å². The Morgan fingerprint density at radius 3 is 1.86 bits per heavy atom. The van der Waals surface area contributed by atoms with Crippen LogP contribution in [-0.2, 0) is 10.0 Å². The Kier molecular flexibility index (Phi) is 7.47. The molecule has 1 aliphatic heterocycles. The van der Waals surface area contributed by atoms with Crippen LogP contribution in [0.4, 0.5) is 0 Å². The van der Waals surface area contributed by atoms with Crippen LogP contribution in [-0.4, -0.2) is 81.0 Å². The molecule has 8 heteroatoms. The van der Waals surface area contributed by atoms with E-state index in [4.69, 9.17) is 12.2 Å². The summed E-state index contributed by atoms with van der Waals surface area (Å²) in [4.78, 5) is 4.63. The first-order valence-corrected chi connectivity index (χ1v) is 11.6. The van der Waals surface area contributed by atoms with Crippen molar-refractivity contribution in [2.24, 2.45) is 0 Å². The summed E-state index contributed by atoms with van der Waals surface area (Å²) >= 11 is 5.47. The molecular formula is C20H34N4O2S2. The molecule has 158 valence electrons. The van der Waals surface area contributed by atoms with Crippen molar-refractivity contribution in [3.05, 3.63) is 27.8 Å². The standard InChI is InChI=1S/C20H34N4O2S2/c1-14-15(2)17(4)19(18(5)16(14)3)28(25,26)24-12-10-23(11-13-24)20(27)21-8-9-22(6)7/h8-13H2,1-7H3,(H,21,27). The Bertz CT molecular complexity index is 813. The molecule has 0 bridgehead atoms. The molecule has 1 fully saturated rings. The number of sulfonamides is 1. The molecule has 0 saturated carbocycles. The highest BCUT2D eigenvalue weighted by Gasteiger charge is 2.32. The third-order valence-electron chi connectivity index (χ3n) is 5.89. The lowest BCUT2D eigenvalue weighted by atomic mass is 9.95. The van der Waals surface area contributed by atoms with Crippen molar-refractivity contribution in [1.82, 2.24) is 19.4 Å². The van der Waals surface area contributed by atoms with Crippen molar-refractivity contribution in [2.45, 2.75) is 39.5 Å². The van der Waals surface area contributed by atoms with E-state index in [0.717, 1.165) is 35.3 Å². The number of benzene rings is 1. The highest BCUT2D eigenvalue weighted by Crippen LogP contribution is 2.31. The van der Waals surface area contributed by atoms with Gasteiger partial charge in [0, 0.05) is 39.3 Å². The molecule has 28 heavy (non-hydrogen) atoms. The molecule has 0 aromatic heterocycles. The van der Waals surface area contributed by atoms with E-state index in [1.807, 2.05) is 41.8 Å². The van der Waals surface area contributed by atoms with Crippen LogP contribution in [0.5, 0.6) is 0 Å². The number of hydrogen-bond acceptors (Lipinski definition) is 4. The van der Waals surface area contributed by atoms with Crippen molar-refractivity contribution < 1.29 is 8.42 Å². The predicted octanol–water partition coefficient (Wildman–Crippen LogP) is 1.97. The fourth-order valence-electron chi connectivity index (χ4n) is 3.61. The summed E-state index contributed by atoms with van der Waals surface area (Å²) < 4.78 is 28.4. The van der Waals surface area contributed by atoms with Crippen molar-refractivity contribution in [3.8, 4) is 0 Å². The number of nitrogens with one attached hydrogen (secondary N) is 1. The second-order valence-corrected chi connectivity index (χ2v) is 10.1. The normalized spacial score (nSPS) is 15.9. The number of nitrogens with zero attached hydrogens (tertiary/aromatic N) is 3. The van der Waals surface area contributed by atoms with Crippen molar-refractivity contribution in [3.63, 3.8) is 0 Å². The highest BCUT2D eigenvalue weighted by molar-refractivity contribution is 7.89. The van der Waals surface area contributed by atoms with E-state index in [0.29, 0.717) is 36.2 Å². The number of hydrogen-bond donors (Lipinski definition) is 1.